The lowest BCUT2D eigenvalue weighted by Gasteiger charge is -2.06. The first-order valence-corrected chi connectivity index (χ1v) is 7.17. The van der Waals surface area contributed by atoms with E-state index >= 15 is 0 Å². The van der Waals surface area contributed by atoms with Gasteiger partial charge in [-0.05, 0) is 17.2 Å². The zero-order chi connectivity index (χ0) is 15.5. The van der Waals surface area contributed by atoms with Crippen LogP contribution in [0.25, 0.3) is 17.0 Å². The molecule has 22 heavy (non-hydrogen) atoms. The number of rotatable bonds is 4. The number of hydrogen-bond donors (Lipinski definition) is 1. The molecule has 1 N–H and O–H groups in total. The summed E-state index contributed by atoms with van der Waals surface area (Å²) in [5.41, 5.74) is 2.85. The molecular formula is C19H17NO2. The lowest BCUT2D eigenvalue weighted by molar-refractivity contribution is -0.137. The Morgan fingerprint density at radius 2 is 1.77 bits per heavy atom. The summed E-state index contributed by atoms with van der Waals surface area (Å²) in [5, 5.41) is 10.6. The fraction of sp³-hybridized carbons (Fsp3) is 0.105. The minimum atomic E-state index is -0.844. The molecular weight excluding hydrogens is 274 g/mol. The van der Waals surface area contributed by atoms with E-state index < -0.39 is 11.9 Å². The second-order valence-corrected chi connectivity index (χ2v) is 5.30. The van der Waals surface area contributed by atoms with Crippen LogP contribution in [-0.4, -0.2) is 15.6 Å². The molecule has 0 radical (unpaired) electrons. The summed E-state index contributed by atoms with van der Waals surface area (Å²) in [7, 11) is 1.94. The van der Waals surface area contributed by atoms with Crippen molar-refractivity contribution in [2.24, 2.45) is 7.05 Å². The number of hydrogen-bond acceptors (Lipinski definition) is 1. The smallest absolute Gasteiger partial charge is 0.314 e. The molecule has 1 atom stereocenters. The van der Waals surface area contributed by atoms with Crippen molar-refractivity contribution in [2.45, 2.75) is 5.92 Å². The third kappa shape index (κ3) is 2.66. The highest BCUT2D eigenvalue weighted by Gasteiger charge is 2.21. The molecule has 110 valence electrons. The van der Waals surface area contributed by atoms with E-state index in [1.807, 2.05) is 78.5 Å². The molecule has 3 rings (SSSR count). The summed E-state index contributed by atoms with van der Waals surface area (Å²) in [5.74, 6) is -1.50. The third-order valence-electron chi connectivity index (χ3n) is 3.81. The van der Waals surface area contributed by atoms with Crippen LogP contribution in [0.2, 0.25) is 0 Å². The molecule has 0 aliphatic carbocycles. The summed E-state index contributed by atoms with van der Waals surface area (Å²) in [6.07, 6.45) is 5.51. The summed E-state index contributed by atoms with van der Waals surface area (Å²) in [4.78, 5) is 11.7. The highest BCUT2D eigenvalue weighted by Crippen LogP contribution is 2.29. The van der Waals surface area contributed by atoms with E-state index in [1.54, 1.807) is 6.08 Å². The Kier molecular flexibility index (Phi) is 3.79. The molecule has 0 aliphatic heterocycles. The van der Waals surface area contributed by atoms with E-state index in [2.05, 4.69) is 0 Å². The zero-order valence-electron chi connectivity index (χ0n) is 12.3. The van der Waals surface area contributed by atoms with Gasteiger partial charge < -0.3 is 9.67 Å². The van der Waals surface area contributed by atoms with E-state index in [9.17, 15) is 9.90 Å². The molecule has 0 fully saturated rings. The van der Waals surface area contributed by atoms with Crippen molar-refractivity contribution < 1.29 is 9.90 Å². The molecule has 3 aromatic rings. The highest BCUT2D eigenvalue weighted by molar-refractivity contribution is 5.91. The quantitative estimate of drug-likeness (QED) is 0.787. The first-order chi connectivity index (χ1) is 10.7. The van der Waals surface area contributed by atoms with Crippen LogP contribution >= 0.6 is 0 Å². The number of benzene rings is 2. The van der Waals surface area contributed by atoms with Crippen LogP contribution in [0, 0.1) is 0 Å². The van der Waals surface area contributed by atoms with Crippen LogP contribution in [-0.2, 0) is 11.8 Å². The van der Waals surface area contributed by atoms with Gasteiger partial charge >= 0.3 is 5.97 Å². The minimum Gasteiger partial charge on any atom is -0.481 e. The fourth-order valence-corrected chi connectivity index (χ4v) is 2.71. The number of aliphatic carboxylic acids is 1. The van der Waals surface area contributed by atoms with E-state index in [0.29, 0.717) is 0 Å². The van der Waals surface area contributed by atoms with Crippen molar-refractivity contribution in [1.29, 1.82) is 0 Å². The lowest BCUT2D eigenvalue weighted by atomic mass is 9.97. The average Bonchev–Trinajstić information content (AvgIpc) is 2.86. The third-order valence-corrected chi connectivity index (χ3v) is 3.81. The number of para-hydroxylation sites is 1. The van der Waals surface area contributed by atoms with Gasteiger partial charge in [-0.3, -0.25) is 4.79 Å². The molecule has 0 bridgehead atoms. The molecule has 3 nitrogen and oxygen atoms in total. The van der Waals surface area contributed by atoms with Crippen LogP contribution < -0.4 is 0 Å². The number of carbonyl (C=O) groups is 1. The maximum Gasteiger partial charge on any atom is 0.314 e. The monoisotopic (exact) mass is 291 g/mol. The van der Waals surface area contributed by atoms with Gasteiger partial charge in [0.1, 0.15) is 5.92 Å². The molecule has 1 unspecified atom stereocenters. The summed E-state index contributed by atoms with van der Waals surface area (Å²) in [6.45, 7) is 0. The number of carboxylic acid groups (broad SMARTS) is 1. The van der Waals surface area contributed by atoms with Gasteiger partial charge in [-0.2, -0.15) is 0 Å². The van der Waals surface area contributed by atoms with Crippen LogP contribution in [0.15, 0.2) is 66.9 Å². The zero-order valence-corrected chi connectivity index (χ0v) is 12.3. The first-order valence-electron chi connectivity index (χ1n) is 7.17. The number of fused-ring (bicyclic) bond motifs is 1. The van der Waals surface area contributed by atoms with Crippen LogP contribution in [0.4, 0.5) is 0 Å². The van der Waals surface area contributed by atoms with Crippen molar-refractivity contribution >= 4 is 22.9 Å². The number of aromatic nitrogens is 1. The maximum absolute atomic E-state index is 11.7. The van der Waals surface area contributed by atoms with Crippen molar-refractivity contribution in [3.05, 3.63) is 78.0 Å². The Hall–Kier alpha value is -2.81. The predicted molar refractivity (Wildman–Crippen MR) is 88.8 cm³/mol. The Bertz CT molecular complexity index is 831. The summed E-state index contributed by atoms with van der Waals surface area (Å²) in [6, 6.07) is 17.6. The normalized spacial score (nSPS) is 12.8. The van der Waals surface area contributed by atoms with Gasteiger partial charge in [-0.1, -0.05) is 60.7 Å². The minimum absolute atomic E-state index is 0.661. The van der Waals surface area contributed by atoms with Gasteiger partial charge in [0, 0.05) is 24.1 Å². The van der Waals surface area contributed by atoms with Gasteiger partial charge in [0.15, 0.2) is 0 Å². The molecule has 2 aromatic carbocycles. The standard InChI is InChI=1S/C19H17NO2/c1-20-13-17(15-9-5-6-10-18(15)20)16(19(21)22)12-11-14-7-3-2-4-8-14/h2-13,16H,1H3,(H,21,22)/b12-11+. The van der Waals surface area contributed by atoms with E-state index in [-0.39, 0.29) is 0 Å². The fourth-order valence-electron chi connectivity index (χ4n) is 2.71. The molecule has 1 aromatic heterocycles. The van der Waals surface area contributed by atoms with Gasteiger partial charge in [0.05, 0.1) is 0 Å². The van der Waals surface area contributed by atoms with Gasteiger partial charge in [0.2, 0.25) is 0 Å². The predicted octanol–water partition coefficient (Wildman–Crippen LogP) is 4.06. The second kappa shape index (κ2) is 5.90. The van der Waals surface area contributed by atoms with Crippen LogP contribution in [0.5, 0.6) is 0 Å². The Balaban J connectivity index is 2.04. The van der Waals surface area contributed by atoms with Crippen LogP contribution in [0.3, 0.4) is 0 Å². The molecule has 1 heterocycles. The molecule has 0 amide bonds. The van der Waals surface area contributed by atoms with Gasteiger partial charge in [0.25, 0.3) is 0 Å². The average molecular weight is 291 g/mol. The Morgan fingerprint density at radius 3 is 2.50 bits per heavy atom. The molecule has 0 aliphatic rings. The molecule has 3 heteroatoms. The number of aryl methyl sites for hydroxylation is 1. The van der Waals surface area contributed by atoms with Gasteiger partial charge in [-0.15, -0.1) is 0 Å². The van der Waals surface area contributed by atoms with E-state index in [0.717, 1.165) is 22.0 Å². The number of nitrogens with zero attached hydrogens (tertiary/aromatic N) is 1. The molecule has 0 saturated heterocycles. The summed E-state index contributed by atoms with van der Waals surface area (Å²) < 4.78 is 1.97. The van der Waals surface area contributed by atoms with Crippen molar-refractivity contribution in [3.8, 4) is 0 Å². The molecule has 0 saturated carbocycles. The van der Waals surface area contributed by atoms with Crippen LogP contribution in [0.1, 0.15) is 17.0 Å². The van der Waals surface area contributed by atoms with E-state index in [4.69, 9.17) is 0 Å². The first kappa shape index (κ1) is 14.1. The number of carboxylic acids is 1. The topological polar surface area (TPSA) is 42.2 Å². The van der Waals surface area contributed by atoms with E-state index in [1.165, 1.54) is 0 Å². The summed E-state index contributed by atoms with van der Waals surface area (Å²) >= 11 is 0. The largest absolute Gasteiger partial charge is 0.481 e. The SMILES string of the molecule is Cn1cc(C(/C=C/c2ccccc2)C(=O)O)c2ccccc21. The lowest BCUT2D eigenvalue weighted by Crippen LogP contribution is -2.08. The Morgan fingerprint density at radius 1 is 1.09 bits per heavy atom. The molecule has 0 spiro atoms. The highest BCUT2D eigenvalue weighted by atomic mass is 16.4. The maximum atomic E-state index is 11.7. The van der Waals surface area contributed by atoms with Gasteiger partial charge in [-0.25, -0.2) is 0 Å². The van der Waals surface area contributed by atoms with Crippen molar-refractivity contribution in [1.82, 2.24) is 4.57 Å². The second-order valence-electron chi connectivity index (χ2n) is 5.30. The van der Waals surface area contributed by atoms with Crippen molar-refractivity contribution in [2.75, 3.05) is 0 Å². The van der Waals surface area contributed by atoms with Crippen molar-refractivity contribution in [3.63, 3.8) is 0 Å². The Labute approximate surface area is 129 Å².